The molecule has 0 bridgehead atoms. The first kappa shape index (κ1) is 18.1. The predicted molar refractivity (Wildman–Crippen MR) is 86.7 cm³/mol. The molecule has 0 fully saturated rings. The van der Waals surface area contributed by atoms with E-state index in [1.807, 2.05) is 0 Å². The third-order valence-corrected chi connectivity index (χ3v) is 6.78. The lowest BCUT2D eigenvalue weighted by Crippen LogP contribution is -2.34. The average Bonchev–Trinajstić information content (AvgIpc) is 2.73. The van der Waals surface area contributed by atoms with Crippen LogP contribution < -0.4 is 0 Å². The van der Waals surface area contributed by atoms with Gasteiger partial charge in [-0.1, -0.05) is 26.2 Å². The third kappa shape index (κ3) is 4.80. The number of hydrogen-bond donors (Lipinski definition) is 1. The molecule has 0 saturated heterocycles. The lowest BCUT2D eigenvalue weighted by molar-refractivity contribution is 0.251. The lowest BCUT2D eigenvalue weighted by Gasteiger charge is -2.21. The van der Waals surface area contributed by atoms with E-state index in [2.05, 4.69) is 22.9 Å². The Bertz CT molecular complexity index is 514. The predicted octanol–water partition coefficient (Wildman–Crippen LogP) is 3.38. The summed E-state index contributed by atoms with van der Waals surface area (Å²) in [5.74, 6) is 0. The first-order valence-electron chi connectivity index (χ1n) is 6.80. The quantitative estimate of drug-likeness (QED) is 0.664. The molecular weight excluding hydrogens is 362 g/mol. The van der Waals surface area contributed by atoms with Crippen LogP contribution >= 0.6 is 27.3 Å². The van der Waals surface area contributed by atoms with Gasteiger partial charge in [0.05, 0.1) is 15.3 Å². The van der Waals surface area contributed by atoms with Crippen molar-refractivity contribution in [2.75, 3.05) is 19.7 Å². The van der Waals surface area contributed by atoms with Crippen molar-refractivity contribution in [2.45, 2.75) is 44.4 Å². The Morgan fingerprint density at radius 3 is 2.50 bits per heavy atom. The van der Waals surface area contributed by atoms with Crippen LogP contribution in [0.2, 0.25) is 0 Å². The van der Waals surface area contributed by atoms with Gasteiger partial charge in [-0.15, -0.1) is 11.3 Å². The Balaban J connectivity index is 2.86. The number of sulfonamides is 1. The van der Waals surface area contributed by atoms with E-state index >= 15 is 0 Å². The second kappa shape index (κ2) is 8.48. The van der Waals surface area contributed by atoms with Gasteiger partial charge in [0.25, 0.3) is 0 Å². The van der Waals surface area contributed by atoms with Crippen LogP contribution in [0, 0.1) is 6.92 Å². The minimum Gasteiger partial charge on any atom is -0.395 e. The van der Waals surface area contributed by atoms with Crippen LogP contribution in [0.5, 0.6) is 0 Å². The minimum absolute atomic E-state index is 0.154. The highest BCUT2D eigenvalue weighted by Crippen LogP contribution is 2.31. The van der Waals surface area contributed by atoms with Crippen molar-refractivity contribution in [1.82, 2.24) is 4.31 Å². The fraction of sp³-hybridized carbons (Fsp3) is 0.692. The van der Waals surface area contributed by atoms with Gasteiger partial charge in [-0.05, 0) is 35.3 Å². The molecule has 0 saturated carbocycles. The summed E-state index contributed by atoms with van der Waals surface area (Å²) < 4.78 is 27.4. The molecule has 1 heterocycles. The van der Waals surface area contributed by atoms with E-state index in [-0.39, 0.29) is 13.2 Å². The molecule has 116 valence electrons. The van der Waals surface area contributed by atoms with Crippen molar-refractivity contribution in [3.8, 4) is 0 Å². The van der Waals surface area contributed by atoms with Gasteiger partial charge in [-0.3, -0.25) is 0 Å². The highest BCUT2D eigenvalue weighted by molar-refractivity contribution is 9.11. The number of hydrogen-bond acceptors (Lipinski definition) is 4. The molecule has 0 aliphatic rings. The third-order valence-electron chi connectivity index (χ3n) is 3.07. The summed E-state index contributed by atoms with van der Waals surface area (Å²) in [5.41, 5.74) is 0. The van der Waals surface area contributed by atoms with Gasteiger partial charge in [-0.25, -0.2) is 8.42 Å². The molecule has 1 aromatic rings. The molecule has 0 unspecified atom stereocenters. The molecule has 0 spiro atoms. The summed E-state index contributed by atoms with van der Waals surface area (Å²) in [7, 11) is -3.51. The highest BCUT2D eigenvalue weighted by Gasteiger charge is 2.26. The number of aryl methyl sites for hydroxylation is 1. The highest BCUT2D eigenvalue weighted by atomic mass is 79.9. The number of rotatable bonds is 9. The number of aliphatic hydroxyl groups excluding tert-OH is 1. The zero-order valence-electron chi connectivity index (χ0n) is 11.9. The van der Waals surface area contributed by atoms with E-state index in [0.717, 1.165) is 34.3 Å². The minimum atomic E-state index is -3.51. The molecule has 0 radical (unpaired) electrons. The first-order valence-corrected chi connectivity index (χ1v) is 9.85. The van der Waals surface area contributed by atoms with E-state index in [1.54, 1.807) is 13.0 Å². The van der Waals surface area contributed by atoms with Crippen LogP contribution in [0.15, 0.2) is 14.7 Å². The normalized spacial score (nSPS) is 12.2. The Labute approximate surface area is 134 Å². The van der Waals surface area contributed by atoms with E-state index < -0.39 is 10.0 Å². The molecule has 7 heteroatoms. The average molecular weight is 384 g/mol. The fourth-order valence-electron chi connectivity index (χ4n) is 2.00. The van der Waals surface area contributed by atoms with Gasteiger partial charge in [0.1, 0.15) is 0 Å². The molecule has 0 aromatic carbocycles. The van der Waals surface area contributed by atoms with Crippen molar-refractivity contribution >= 4 is 37.3 Å². The summed E-state index contributed by atoms with van der Waals surface area (Å²) in [4.78, 5) is 1.12. The maximum absolute atomic E-state index is 12.6. The van der Waals surface area contributed by atoms with Crippen molar-refractivity contribution in [3.63, 3.8) is 0 Å². The van der Waals surface area contributed by atoms with Gasteiger partial charge in [-0.2, -0.15) is 4.31 Å². The summed E-state index contributed by atoms with van der Waals surface area (Å²) in [5, 5.41) is 9.11. The molecule has 1 rings (SSSR count). The molecule has 0 aliphatic heterocycles. The Kier molecular flexibility index (Phi) is 7.68. The van der Waals surface area contributed by atoms with Crippen LogP contribution in [0.1, 0.15) is 37.5 Å². The maximum atomic E-state index is 12.6. The summed E-state index contributed by atoms with van der Waals surface area (Å²) in [6.45, 7) is 4.39. The van der Waals surface area contributed by atoms with Crippen molar-refractivity contribution in [2.24, 2.45) is 0 Å². The number of nitrogens with zero attached hydrogens (tertiary/aromatic N) is 1. The first-order chi connectivity index (χ1) is 9.43. The summed E-state index contributed by atoms with van der Waals surface area (Å²) in [6, 6.07) is 1.64. The molecule has 0 amide bonds. The SMILES string of the molecule is CCCCCCN(CCO)S(=O)(=O)c1cc(Br)sc1C. The van der Waals surface area contributed by atoms with Crippen molar-refractivity contribution in [1.29, 1.82) is 0 Å². The molecule has 20 heavy (non-hydrogen) atoms. The number of halogens is 1. The van der Waals surface area contributed by atoms with Crippen molar-refractivity contribution in [3.05, 3.63) is 14.7 Å². The van der Waals surface area contributed by atoms with E-state index in [4.69, 9.17) is 5.11 Å². The van der Waals surface area contributed by atoms with Gasteiger partial charge < -0.3 is 5.11 Å². The Morgan fingerprint density at radius 1 is 1.30 bits per heavy atom. The lowest BCUT2D eigenvalue weighted by atomic mass is 10.2. The van der Waals surface area contributed by atoms with E-state index in [0.29, 0.717) is 11.4 Å². The zero-order valence-corrected chi connectivity index (χ0v) is 15.2. The largest absolute Gasteiger partial charge is 0.395 e. The standard InChI is InChI=1S/C13H22BrNO3S2/c1-3-4-5-6-7-15(8-9-16)20(17,18)12-10-13(14)19-11(12)2/h10,16H,3-9H2,1-2H3. The fourth-order valence-corrected chi connectivity index (χ4v) is 5.86. The molecule has 0 aliphatic carbocycles. The van der Waals surface area contributed by atoms with Crippen LogP contribution in [0.4, 0.5) is 0 Å². The second-order valence-electron chi connectivity index (χ2n) is 4.66. The number of unbranched alkanes of at least 4 members (excludes halogenated alkanes) is 3. The van der Waals surface area contributed by atoms with Gasteiger partial charge in [0, 0.05) is 18.0 Å². The Hall–Kier alpha value is 0.0500. The topological polar surface area (TPSA) is 57.6 Å². The molecule has 1 aromatic heterocycles. The van der Waals surface area contributed by atoms with Crippen LogP contribution in [0.3, 0.4) is 0 Å². The van der Waals surface area contributed by atoms with E-state index in [9.17, 15) is 8.42 Å². The number of aliphatic hydroxyl groups is 1. The van der Waals surface area contributed by atoms with E-state index in [1.165, 1.54) is 15.6 Å². The number of thiophene rings is 1. The maximum Gasteiger partial charge on any atom is 0.244 e. The molecule has 1 N–H and O–H groups in total. The Morgan fingerprint density at radius 2 is 2.00 bits per heavy atom. The molecular formula is C13H22BrNO3S2. The second-order valence-corrected chi connectivity index (χ2v) is 9.20. The van der Waals surface area contributed by atoms with Crippen molar-refractivity contribution < 1.29 is 13.5 Å². The summed E-state index contributed by atoms with van der Waals surface area (Å²) in [6.07, 6.45) is 4.07. The molecule has 0 atom stereocenters. The van der Waals surface area contributed by atoms with Gasteiger partial charge in [0.15, 0.2) is 0 Å². The van der Waals surface area contributed by atoms with Gasteiger partial charge >= 0.3 is 0 Å². The monoisotopic (exact) mass is 383 g/mol. The van der Waals surface area contributed by atoms with Crippen LogP contribution in [0.25, 0.3) is 0 Å². The van der Waals surface area contributed by atoms with Crippen LogP contribution in [-0.4, -0.2) is 37.5 Å². The van der Waals surface area contributed by atoms with Gasteiger partial charge in [0.2, 0.25) is 10.0 Å². The molecule has 4 nitrogen and oxygen atoms in total. The zero-order chi connectivity index (χ0) is 15.2. The van der Waals surface area contributed by atoms with Crippen LogP contribution in [-0.2, 0) is 10.0 Å². The smallest absolute Gasteiger partial charge is 0.244 e. The summed E-state index contributed by atoms with van der Waals surface area (Å²) >= 11 is 4.73.